The van der Waals surface area contributed by atoms with Crippen molar-refractivity contribution in [3.05, 3.63) is 33.9 Å². The summed E-state index contributed by atoms with van der Waals surface area (Å²) >= 11 is 0. The van der Waals surface area contributed by atoms with E-state index < -0.39 is 10.9 Å². The first kappa shape index (κ1) is 11.4. The lowest BCUT2D eigenvalue weighted by Gasteiger charge is -2.17. The van der Waals surface area contributed by atoms with E-state index in [0.29, 0.717) is 5.69 Å². The maximum absolute atomic E-state index is 11.0. The minimum atomic E-state index is -1.27. The second kappa shape index (κ2) is 4.40. The molecule has 2 rings (SSSR count). The van der Waals surface area contributed by atoms with Crippen molar-refractivity contribution in [1.82, 2.24) is 0 Å². The molecule has 1 aliphatic rings. The van der Waals surface area contributed by atoms with E-state index >= 15 is 0 Å². The number of nitro benzene ring substituents is 1. The molecule has 17 heavy (non-hydrogen) atoms. The van der Waals surface area contributed by atoms with Crippen molar-refractivity contribution < 1.29 is 14.8 Å². The van der Waals surface area contributed by atoms with E-state index in [2.05, 4.69) is 0 Å². The van der Waals surface area contributed by atoms with Crippen LogP contribution in [0.1, 0.15) is 23.2 Å². The molecule has 0 spiro atoms. The fourth-order valence-corrected chi connectivity index (χ4v) is 2.11. The Kier molecular flexibility index (Phi) is 2.95. The Bertz CT molecular complexity index is 467. The van der Waals surface area contributed by atoms with Crippen LogP contribution in [0.3, 0.4) is 0 Å². The minimum Gasteiger partial charge on any atom is -0.477 e. The molecule has 1 aromatic rings. The average Bonchev–Trinajstić information content (AvgIpc) is 2.81. The first-order valence-corrected chi connectivity index (χ1v) is 5.37. The smallest absolute Gasteiger partial charge is 0.342 e. The lowest BCUT2D eigenvalue weighted by Crippen LogP contribution is -2.20. The molecule has 1 aromatic carbocycles. The Balaban J connectivity index is 2.54. The highest BCUT2D eigenvalue weighted by Crippen LogP contribution is 2.33. The molecule has 6 heteroatoms. The molecule has 1 aliphatic heterocycles. The van der Waals surface area contributed by atoms with Gasteiger partial charge >= 0.3 is 11.7 Å². The monoisotopic (exact) mass is 236 g/mol. The third-order valence-corrected chi connectivity index (χ3v) is 2.87. The number of carboxylic acids is 1. The van der Waals surface area contributed by atoms with Crippen molar-refractivity contribution in [3.63, 3.8) is 0 Å². The van der Waals surface area contributed by atoms with Gasteiger partial charge in [0.15, 0.2) is 0 Å². The van der Waals surface area contributed by atoms with Gasteiger partial charge in [0, 0.05) is 13.1 Å². The number of nitro groups is 1. The van der Waals surface area contributed by atoms with Gasteiger partial charge in [0.1, 0.15) is 11.3 Å². The zero-order valence-corrected chi connectivity index (χ0v) is 9.13. The maximum Gasteiger partial charge on any atom is 0.342 e. The Morgan fingerprint density at radius 3 is 2.53 bits per heavy atom. The normalized spacial score (nSPS) is 14.9. The van der Waals surface area contributed by atoms with Gasteiger partial charge < -0.3 is 10.0 Å². The van der Waals surface area contributed by atoms with Crippen LogP contribution in [0, 0.1) is 10.1 Å². The molecule has 1 heterocycles. The predicted molar refractivity (Wildman–Crippen MR) is 61.5 cm³/mol. The van der Waals surface area contributed by atoms with Gasteiger partial charge in [0.2, 0.25) is 0 Å². The lowest BCUT2D eigenvalue weighted by atomic mass is 10.1. The van der Waals surface area contributed by atoms with E-state index in [1.165, 1.54) is 6.07 Å². The summed E-state index contributed by atoms with van der Waals surface area (Å²) in [5.41, 5.74) is -0.145. The van der Waals surface area contributed by atoms with Gasteiger partial charge in [0.05, 0.1) is 4.92 Å². The second-order valence-electron chi connectivity index (χ2n) is 3.93. The van der Waals surface area contributed by atoms with Crippen molar-refractivity contribution in [3.8, 4) is 0 Å². The molecular weight excluding hydrogens is 224 g/mol. The molecule has 0 radical (unpaired) electrons. The van der Waals surface area contributed by atoms with Crippen molar-refractivity contribution >= 4 is 17.3 Å². The number of aromatic carboxylic acids is 1. The van der Waals surface area contributed by atoms with Crippen LogP contribution in [0.25, 0.3) is 0 Å². The average molecular weight is 236 g/mol. The Labute approximate surface area is 97.6 Å². The van der Waals surface area contributed by atoms with Crippen LogP contribution in [0.15, 0.2) is 18.2 Å². The molecule has 0 unspecified atom stereocenters. The van der Waals surface area contributed by atoms with Crippen LogP contribution in [-0.2, 0) is 0 Å². The van der Waals surface area contributed by atoms with E-state index in [-0.39, 0.29) is 11.3 Å². The summed E-state index contributed by atoms with van der Waals surface area (Å²) in [5.74, 6) is -1.27. The summed E-state index contributed by atoms with van der Waals surface area (Å²) in [6, 6.07) is 4.42. The first-order chi connectivity index (χ1) is 8.11. The van der Waals surface area contributed by atoms with Crippen LogP contribution in [0.2, 0.25) is 0 Å². The number of rotatable bonds is 3. The van der Waals surface area contributed by atoms with Crippen molar-refractivity contribution in [2.45, 2.75) is 12.8 Å². The minimum absolute atomic E-state index is 0.251. The highest BCUT2D eigenvalue weighted by atomic mass is 16.6. The molecule has 6 nitrogen and oxygen atoms in total. The standard InChI is InChI=1S/C11H12N2O4/c14-11(15)8-4-3-5-9(10(8)13(16)17)12-6-1-2-7-12/h3-5H,1-2,6-7H2,(H,14,15). The van der Waals surface area contributed by atoms with Crippen LogP contribution >= 0.6 is 0 Å². The molecule has 0 atom stereocenters. The van der Waals surface area contributed by atoms with Gasteiger partial charge in [-0.3, -0.25) is 10.1 Å². The van der Waals surface area contributed by atoms with Crippen molar-refractivity contribution in [1.29, 1.82) is 0 Å². The fraction of sp³-hybridized carbons (Fsp3) is 0.364. The van der Waals surface area contributed by atoms with Gasteiger partial charge in [-0.15, -0.1) is 0 Å². The maximum atomic E-state index is 11.0. The summed E-state index contributed by atoms with van der Waals surface area (Å²) in [4.78, 5) is 23.2. The van der Waals surface area contributed by atoms with Gasteiger partial charge in [0.25, 0.3) is 0 Å². The molecule has 90 valence electrons. The van der Waals surface area contributed by atoms with E-state index in [4.69, 9.17) is 5.11 Å². The number of hydrogen-bond acceptors (Lipinski definition) is 4. The molecule has 1 N–H and O–H groups in total. The summed E-state index contributed by atoms with van der Waals surface area (Å²) in [6.45, 7) is 1.48. The van der Waals surface area contributed by atoms with E-state index in [0.717, 1.165) is 25.9 Å². The molecule has 1 saturated heterocycles. The van der Waals surface area contributed by atoms with Gasteiger partial charge in [-0.25, -0.2) is 4.79 Å². The van der Waals surface area contributed by atoms with Crippen LogP contribution in [0.4, 0.5) is 11.4 Å². The summed E-state index contributed by atoms with van der Waals surface area (Å²) < 4.78 is 0. The molecule has 0 bridgehead atoms. The van der Waals surface area contributed by atoms with Gasteiger partial charge in [-0.2, -0.15) is 0 Å². The van der Waals surface area contributed by atoms with E-state index in [9.17, 15) is 14.9 Å². The van der Waals surface area contributed by atoms with E-state index in [1.54, 1.807) is 12.1 Å². The zero-order chi connectivity index (χ0) is 12.4. The number of carboxylic acid groups (broad SMARTS) is 1. The van der Waals surface area contributed by atoms with Crippen molar-refractivity contribution in [2.24, 2.45) is 0 Å². The van der Waals surface area contributed by atoms with Crippen LogP contribution < -0.4 is 4.90 Å². The molecular formula is C11H12N2O4. The van der Waals surface area contributed by atoms with Crippen LogP contribution in [-0.4, -0.2) is 29.1 Å². The fourth-order valence-electron chi connectivity index (χ4n) is 2.11. The Morgan fingerprint density at radius 1 is 1.35 bits per heavy atom. The molecule has 0 amide bonds. The quantitative estimate of drug-likeness (QED) is 0.640. The second-order valence-corrected chi connectivity index (χ2v) is 3.93. The summed E-state index contributed by atoms with van der Waals surface area (Å²) in [5, 5.41) is 20.0. The number of benzene rings is 1. The predicted octanol–water partition coefficient (Wildman–Crippen LogP) is 1.89. The zero-order valence-electron chi connectivity index (χ0n) is 9.13. The molecule has 1 fully saturated rings. The molecule has 0 aromatic heterocycles. The van der Waals surface area contributed by atoms with Gasteiger partial charge in [-0.1, -0.05) is 6.07 Å². The third-order valence-electron chi connectivity index (χ3n) is 2.87. The summed E-state index contributed by atoms with van der Waals surface area (Å²) in [7, 11) is 0. The first-order valence-electron chi connectivity index (χ1n) is 5.37. The summed E-state index contributed by atoms with van der Waals surface area (Å²) in [6.07, 6.45) is 1.96. The van der Waals surface area contributed by atoms with E-state index in [1.807, 2.05) is 4.90 Å². The number of hydrogen-bond donors (Lipinski definition) is 1. The SMILES string of the molecule is O=C(O)c1cccc(N2CCCC2)c1[N+](=O)[O-]. The molecule has 0 aliphatic carbocycles. The van der Waals surface area contributed by atoms with Crippen LogP contribution in [0.5, 0.6) is 0 Å². The number of nitrogens with zero attached hydrogens (tertiary/aromatic N) is 2. The Morgan fingerprint density at radius 2 is 2.00 bits per heavy atom. The van der Waals surface area contributed by atoms with Gasteiger partial charge in [-0.05, 0) is 25.0 Å². The largest absolute Gasteiger partial charge is 0.477 e. The number of para-hydroxylation sites is 1. The molecule has 0 saturated carbocycles. The lowest BCUT2D eigenvalue weighted by molar-refractivity contribution is -0.384. The number of anilines is 1. The third kappa shape index (κ3) is 2.06. The Hall–Kier alpha value is -2.11. The topological polar surface area (TPSA) is 83.7 Å². The highest BCUT2D eigenvalue weighted by Gasteiger charge is 2.28. The number of carbonyl (C=O) groups is 1. The van der Waals surface area contributed by atoms with Crippen molar-refractivity contribution in [2.75, 3.05) is 18.0 Å². The highest BCUT2D eigenvalue weighted by molar-refractivity contribution is 5.95.